The number of aromatic nitrogens is 1. The highest BCUT2D eigenvalue weighted by molar-refractivity contribution is 5.93. The van der Waals surface area contributed by atoms with Gasteiger partial charge in [-0.25, -0.2) is 9.78 Å². The van der Waals surface area contributed by atoms with Crippen molar-refractivity contribution in [2.24, 2.45) is 0 Å². The van der Waals surface area contributed by atoms with E-state index in [1.54, 1.807) is 6.07 Å². The van der Waals surface area contributed by atoms with Crippen LogP contribution in [0.1, 0.15) is 61.1 Å². The summed E-state index contributed by atoms with van der Waals surface area (Å²) in [7, 11) is 0. The Bertz CT molecular complexity index is 471. The lowest BCUT2D eigenvalue weighted by molar-refractivity contribution is 0.0697. The summed E-state index contributed by atoms with van der Waals surface area (Å²) in [4.78, 5) is 15.9. The van der Waals surface area contributed by atoms with E-state index < -0.39 is 5.97 Å². The van der Waals surface area contributed by atoms with E-state index in [-0.39, 0.29) is 0 Å². The Morgan fingerprint density at radius 3 is 2.89 bits per heavy atom. The lowest BCUT2D eigenvalue weighted by Gasteiger charge is -2.19. The molecule has 1 aliphatic carbocycles. The van der Waals surface area contributed by atoms with Crippen molar-refractivity contribution in [3.05, 3.63) is 22.9 Å². The monoisotopic (exact) mass is 262 g/mol. The van der Waals surface area contributed by atoms with Crippen molar-refractivity contribution in [2.45, 2.75) is 58.4 Å². The maximum absolute atomic E-state index is 11.4. The number of nitrogens with zero attached hydrogens (tertiary/aromatic N) is 1. The summed E-state index contributed by atoms with van der Waals surface area (Å²) in [6.07, 6.45) is 6.10. The number of aromatic carboxylic acids is 1. The molecular formula is C15H22N2O2. The number of pyridine rings is 1. The molecular weight excluding hydrogens is 240 g/mol. The van der Waals surface area contributed by atoms with E-state index in [1.807, 2.05) is 0 Å². The number of carbonyl (C=O) groups is 1. The lowest BCUT2D eigenvalue weighted by Crippen LogP contribution is -2.21. The summed E-state index contributed by atoms with van der Waals surface area (Å²) in [5.74, 6) is -0.343. The van der Waals surface area contributed by atoms with Crippen LogP contribution in [0.4, 0.5) is 5.82 Å². The minimum Gasteiger partial charge on any atom is -0.478 e. The number of carboxylic acids is 1. The second kappa shape index (κ2) is 6.04. The molecule has 0 fully saturated rings. The summed E-state index contributed by atoms with van der Waals surface area (Å²) >= 11 is 0. The molecule has 0 saturated carbocycles. The normalized spacial score (nSPS) is 15.1. The number of hydrogen-bond acceptors (Lipinski definition) is 3. The molecule has 2 N–H and O–H groups in total. The van der Waals surface area contributed by atoms with E-state index in [9.17, 15) is 9.90 Å². The van der Waals surface area contributed by atoms with Crippen molar-refractivity contribution >= 4 is 11.8 Å². The molecule has 0 aliphatic heterocycles. The molecule has 1 aromatic rings. The van der Waals surface area contributed by atoms with Gasteiger partial charge in [0.25, 0.3) is 0 Å². The van der Waals surface area contributed by atoms with E-state index in [0.717, 1.165) is 49.8 Å². The maximum Gasteiger partial charge on any atom is 0.339 e. The first kappa shape index (κ1) is 13.8. The summed E-state index contributed by atoms with van der Waals surface area (Å²) in [6, 6.07) is 2.11. The molecule has 1 atom stereocenters. The van der Waals surface area contributed by atoms with Crippen LogP contribution >= 0.6 is 0 Å². The fourth-order valence-electron chi connectivity index (χ4n) is 2.67. The molecule has 19 heavy (non-hydrogen) atoms. The molecule has 0 spiro atoms. The van der Waals surface area contributed by atoms with Gasteiger partial charge >= 0.3 is 5.97 Å². The standard InChI is InChI=1S/C15H22N2O2/c1-3-6-11(4-2)16-14-12(15(18)19)9-10-7-5-8-13(10)17-14/h9,11H,3-8H2,1-2H3,(H,16,17)(H,18,19). The number of fused-ring (bicyclic) bond motifs is 1. The quantitative estimate of drug-likeness (QED) is 0.826. The van der Waals surface area contributed by atoms with Crippen LogP contribution in [-0.2, 0) is 12.8 Å². The summed E-state index contributed by atoms with van der Waals surface area (Å²) in [5.41, 5.74) is 2.49. The van der Waals surface area contributed by atoms with E-state index in [4.69, 9.17) is 0 Å². The number of nitrogens with one attached hydrogen (secondary N) is 1. The van der Waals surface area contributed by atoms with Gasteiger partial charge in [0.1, 0.15) is 11.4 Å². The van der Waals surface area contributed by atoms with Crippen molar-refractivity contribution in [3.8, 4) is 0 Å². The fraction of sp³-hybridized carbons (Fsp3) is 0.600. The Morgan fingerprint density at radius 2 is 2.26 bits per heavy atom. The van der Waals surface area contributed by atoms with Crippen molar-refractivity contribution in [1.29, 1.82) is 0 Å². The number of anilines is 1. The van der Waals surface area contributed by atoms with E-state index in [1.165, 1.54) is 0 Å². The van der Waals surface area contributed by atoms with Gasteiger partial charge in [-0.3, -0.25) is 0 Å². The largest absolute Gasteiger partial charge is 0.478 e. The van der Waals surface area contributed by atoms with Gasteiger partial charge in [0.2, 0.25) is 0 Å². The minimum absolute atomic E-state index is 0.301. The van der Waals surface area contributed by atoms with Gasteiger partial charge in [-0.15, -0.1) is 0 Å². The van der Waals surface area contributed by atoms with Gasteiger partial charge < -0.3 is 10.4 Å². The van der Waals surface area contributed by atoms with Gasteiger partial charge in [0.05, 0.1) is 0 Å². The van der Waals surface area contributed by atoms with Gasteiger partial charge in [-0.2, -0.15) is 0 Å². The smallest absolute Gasteiger partial charge is 0.339 e. The number of hydrogen-bond donors (Lipinski definition) is 2. The number of rotatable bonds is 6. The molecule has 2 rings (SSSR count). The molecule has 0 aromatic carbocycles. The topological polar surface area (TPSA) is 62.2 Å². The molecule has 1 heterocycles. The Hall–Kier alpha value is -1.58. The second-order valence-corrected chi connectivity index (χ2v) is 5.19. The molecule has 104 valence electrons. The van der Waals surface area contributed by atoms with Gasteiger partial charge in [0, 0.05) is 11.7 Å². The molecule has 4 nitrogen and oxygen atoms in total. The molecule has 1 unspecified atom stereocenters. The predicted octanol–water partition coefficient (Wildman–Crippen LogP) is 3.26. The van der Waals surface area contributed by atoms with Crippen molar-refractivity contribution in [3.63, 3.8) is 0 Å². The highest BCUT2D eigenvalue weighted by Crippen LogP contribution is 2.26. The van der Waals surface area contributed by atoms with Crippen molar-refractivity contribution in [1.82, 2.24) is 4.98 Å². The van der Waals surface area contributed by atoms with Crippen LogP contribution in [0, 0.1) is 0 Å². The Morgan fingerprint density at radius 1 is 1.47 bits per heavy atom. The molecule has 0 saturated heterocycles. The number of carboxylic acid groups (broad SMARTS) is 1. The highest BCUT2D eigenvalue weighted by Gasteiger charge is 2.21. The molecule has 4 heteroatoms. The molecule has 1 aromatic heterocycles. The zero-order valence-corrected chi connectivity index (χ0v) is 11.7. The Kier molecular flexibility index (Phi) is 4.40. The second-order valence-electron chi connectivity index (χ2n) is 5.19. The van der Waals surface area contributed by atoms with Crippen LogP contribution in [0.3, 0.4) is 0 Å². The fourth-order valence-corrected chi connectivity index (χ4v) is 2.67. The van der Waals surface area contributed by atoms with Gasteiger partial charge in [0.15, 0.2) is 0 Å². The summed E-state index contributed by atoms with van der Waals surface area (Å²) in [5, 5.41) is 12.6. The first-order valence-electron chi connectivity index (χ1n) is 7.18. The van der Waals surface area contributed by atoms with Crippen LogP contribution in [0.25, 0.3) is 0 Å². The molecule has 0 amide bonds. The van der Waals surface area contributed by atoms with Crippen LogP contribution in [0.15, 0.2) is 6.07 Å². The maximum atomic E-state index is 11.4. The zero-order valence-electron chi connectivity index (χ0n) is 11.7. The first-order valence-corrected chi connectivity index (χ1v) is 7.18. The Labute approximate surface area is 114 Å². The highest BCUT2D eigenvalue weighted by atomic mass is 16.4. The van der Waals surface area contributed by atoms with E-state index in [2.05, 4.69) is 24.1 Å². The van der Waals surface area contributed by atoms with E-state index in [0.29, 0.717) is 17.4 Å². The number of aryl methyl sites for hydroxylation is 2. The first-order chi connectivity index (χ1) is 9.15. The molecule has 0 bridgehead atoms. The van der Waals surface area contributed by atoms with Gasteiger partial charge in [-0.05, 0) is 43.7 Å². The molecule has 0 radical (unpaired) electrons. The van der Waals surface area contributed by atoms with Crippen LogP contribution < -0.4 is 5.32 Å². The van der Waals surface area contributed by atoms with E-state index >= 15 is 0 Å². The predicted molar refractivity (Wildman–Crippen MR) is 75.8 cm³/mol. The summed E-state index contributed by atoms with van der Waals surface area (Å²) < 4.78 is 0. The van der Waals surface area contributed by atoms with Crippen molar-refractivity contribution < 1.29 is 9.90 Å². The third-order valence-corrected chi connectivity index (χ3v) is 3.75. The van der Waals surface area contributed by atoms with Crippen molar-refractivity contribution in [2.75, 3.05) is 5.32 Å². The minimum atomic E-state index is -0.893. The SMILES string of the molecule is CCCC(CC)Nc1nc2c(cc1C(=O)O)CCC2. The third kappa shape index (κ3) is 3.06. The average Bonchev–Trinajstić information content (AvgIpc) is 2.84. The van der Waals surface area contributed by atoms with Crippen LogP contribution in [0.5, 0.6) is 0 Å². The third-order valence-electron chi connectivity index (χ3n) is 3.75. The average molecular weight is 262 g/mol. The van der Waals surface area contributed by atoms with Crippen LogP contribution in [0.2, 0.25) is 0 Å². The lowest BCUT2D eigenvalue weighted by atomic mass is 10.1. The van der Waals surface area contributed by atoms with Gasteiger partial charge in [-0.1, -0.05) is 20.3 Å². The zero-order chi connectivity index (χ0) is 13.8. The van der Waals surface area contributed by atoms with Crippen LogP contribution in [-0.4, -0.2) is 22.1 Å². The Balaban J connectivity index is 2.29. The molecule has 1 aliphatic rings. The summed E-state index contributed by atoms with van der Waals surface area (Å²) in [6.45, 7) is 4.25.